The maximum Gasteiger partial charge on any atom is 0.472 e. The van der Waals surface area contributed by atoms with E-state index in [9.17, 15) is 23.8 Å². The lowest BCUT2D eigenvalue weighted by Gasteiger charge is -2.20. The van der Waals surface area contributed by atoms with Gasteiger partial charge in [0, 0.05) is 12.8 Å². The molecule has 368 valence electrons. The van der Waals surface area contributed by atoms with Crippen LogP contribution in [0.4, 0.5) is 0 Å². The van der Waals surface area contributed by atoms with Gasteiger partial charge in [0.05, 0.1) is 13.2 Å². The summed E-state index contributed by atoms with van der Waals surface area (Å²) in [6.45, 7) is 2.64. The molecule has 0 rings (SSSR count). The molecule has 0 aromatic heterocycles. The molecular weight excluding hydrogens is 830 g/mol. The van der Waals surface area contributed by atoms with Gasteiger partial charge in [0.15, 0.2) is 6.10 Å². The molecule has 0 aliphatic heterocycles. The number of hydrogen-bond donors (Lipinski definition) is 3. The Bertz CT molecular complexity index is 1360. The zero-order valence-electron chi connectivity index (χ0n) is 40.1. The Morgan fingerprint density at radius 1 is 0.500 bits per heavy atom. The summed E-state index contributed by atoms with van der Waals surface area (Å²) in [5.74, 6) is -2.48. The van der Waals surface area contributed by atoms with Crippen LogP contribution in [0.2, 0.25) is 0 Å². The Hall–Kier alpha value is -3.08. The quantitative estimate of drug-likeness (QED) is 0.0230. The van der Waals surface area contributed by atoms with E-state index >= 15 is 0 Å². The molecule has 0 heterocycles. The minimum atomic E-state index is -4.74. The van der Waals surface area contributed by atoms with Gasteiger partial charge in [0.2, 0.25) is 0 Å². The van der Waals surface area contributed by atoms with Gasteiger partial charge < -0.3 is 25.2 Å². The lowest BCUT2D eigenvalue weighted by atomic mass is 10.0. The number of carboxylic acid groups (broad SMARTS) is 1. The van der Waals surface area contributed by atoms with Crippen molar-refractivity contribution in [2.24, 2.45) is 5.73 Å². The molecule has 3 atom stereocenters. The van der Waals surface area contributed by atoms with Gasteiger partial charge in [-0.2, -0.15) is 0 Å². The largest absolute Gasteiger partial charge is 0.480 e. The van der Waals surface area contributed by atoms with Gasteiger partial charge in [-0.25, -0.2) is 4.57 Å². The van der Waals surface area contributed by atoms with Crippen molar-refractivity contribution >= 4 is 25.7 Å². The Kier molecular flexibility index (Phi) is 44.2. The number of carbonyl (C=O) groups is 3. The van der Waals surface area contributed by atoms with E-state index in [-0.39, 0.29) is 19.4 Å². The van der Waals surface area contributed by atoms with E-state index in [0.29, 0.717) is 19.3 Å². The van der Waals surface area contributed by atoms with E-state index < -0.39 is 51.1 Å². The molecule has 0 aromatic rings. The van der Waals surface area contributed by atoms with Gasteiger partial charge in [0.25, 0.3) is 0 Å². The Morgan fingerprint density at radius 3 is 1.28 bits per heavy atom. The van der Waals surface area contributed by atoms with Crippen molar-refractivity contribution in [1.29, 1.82) is 0 Å². The van der Waals surface area contributed by atoms with Gasteiger partial charge in [-0.1, -0.05) is 215 Å². The third-order valence-electron chi connectivity index (χ3n) is 10.5. The Morgan fingerprint density at radius 2 is 0.875 bits per heavy atom. The second-order valence-electron chi connectivity index (χ2n) is 16.6. The third kappa shape index (κ3) is 45.5. The van der Waals surface area contributed by atoms with Crippen LogP contribution in [0.25, 0.3) is 0 Å². The predicted octanol–water partition coefficient (Wildman–Crippen LogP) is 14.1. The molecule has 64 heavy (non-hydrogen) atoms. The minimum Gasteiger partial charge on any atom is -0.480 e. The Balaban J connectivity index is 4.35. The lowest BCUT2D eigenvalue weighted by molar-refractivity contribution is -0.161. The number of ether oxygens (including phenoxy) is 2. The lowest BCUT2D eigenvalue weighted by Crippen LogP contribution is -2.34. The van der Waals surface area contributed by atoms with Gasteiger partial charge in [-0.15, -0.1) is 0 Å². The number of allylic oxidation sites excluding steroid dienone is 12. The molecule has 0 aromatic carbocycles. The fourth-order valence-electron chi connectivity index (χ4n) is 6.62. The molecule has 0 aliphatic carbocycles. The van der Waals surface area contributed by atoms with Crippen LogP contribution in [-0.2, 0) is 37.5 Å². The van der Waals surface area contributed by atoms with E-state index in [1.807, 2.05) is 12.2 Å². The van der Waals surface area contributed by atoms with E-state index in [4.69, 9.17) is 24.8 Å². The smallest absolute Gasteiger partial charge is 0.472 e. The third-order valence-corrected chi connectivity index (χ3v) is 11.4. The first-order chi connectivity index (χ1) is 31.1. The number of esters is 2. The minimum absolute atomic E-state index is 0.0345. The molecule has 4 N–H and O–H groups in total. The Labute approximate surface area is 389 Å². The molecule has 0 bridgehead atoms. The number of phosphoric ester groups is 1. The maximum atomic E-state index is 12.6. The topological polar surface area (TPSA) is 172 Å². The van der Waals surface area contributed by atoms with Crippen molar-refractivity contribution in [1.82, 2.24) is 0 Å². The molecule has 0 spiro atoms. The van der Waals surface area contributed by atoms with Gasteiger partial charge in [-0.3, -0.25) is 23.4 Å². The van der Waals surface area contributed by atoms with Crippen molar-refractivity contribution in [3.8, 4) is 0 Å². The highest BCUT2D eigenvalue weighted by atomic mass is 31.2. The number of rotatable bonds is 46. The van der Waals surface area contributed by atoms with Crippen LogP contribution >= 0.6 is 7.82 Å². The average molecular weight is 920 g/mol. The number of nitrogens with two attached hydrogens (primary N) is 1. The molecule has 0 aliphatic rings. The fourth-order valence-corrected chi connectivity index (χ4v) is 7.40. The van der Waals surface area contributed by atoms with Crippen LogP contribution in [0, 0.1) is 0 Å². The highest BCUT2D eigenvalue weighted by Crippen LogP contribution is 2.43. The number of unbranched alkanes of at least 4 members (excludes halogenated alkanes) is 20. The zero-order valence-corrected chi connectivity index (χ0v) is 41.0. The summed E-state index contributed by atoms with van der Waals surface area (Å²) in [6, 6.07) is -1.54. The summed E-state index contributed by atoms with van der Waals surface area (Å²) in [7, 11) is -4.74. The SMILES string of the molecule is CC/C=C\C/C=C\C/C=C\C/C=C\C/C=C\C/C=C\CCC(=O)O[C@H](COC(=O)CCCCCCCCCCCCCCCCCCCCCCC)COP(=O)(O)OC[C@H](N)C(=O)O. The average Bonchev–Trinajstić information content (AvgIpc) is 3.27. The molecule has 0 saturated heterocycles. The molecule has 11 nitrogen and oxygen atoms in total. The number of phosphoric acid groups is 1. The first-order valence-electron chi connectivity index (χ1n) is 25.0. The highest BCUT2D eigenvalue weighted by Gasteiger charge is 2.28. The van der Waals surface area contributed by atoms with Gasteiger partial charge in [0.1, 0.15) is 12.6 Å². The van der Waals surface area contributed by atoms with E-state index in [0.717, 1.165) is 51.4 Å². The molecule has 12 heteroatoms. The van der Waals surface area contributed by atoms with Crippen LogP contribution in [0.15, 0.2) is 72.9 Å². The summed E-state index contributed by atoms with van der Waals surface area (Å²) < 4.78 is 32.7. The van der Waals surface area contributed by atoms with E-state index in [2.05, 4.69) is 79.1 Å². The normalized spacial score (nSPS) is 14.2. The predicted molar refractivity (Wildman–Crippen MR) is 263 cm³/mol. The summed E-state index contributed by atoms with van der Waals surface area (Å²) in [4.78, 5) is 46.1. The summed E-state index contributed by atoms with van der Waals surface area (Å²) >= 11 is 0. The van der Waals surface area contributed by atoms with Crippen LogP contribution in [0.5, 0.6) is 0 Å². The van der Waals surface area contributed by atoms with Crippen molar-refractivity contribution in [2.75, 3.05) is 19.8 Å². The molecule has 0 fully saturated rings. The number of carbonyl (C=O) groups excluding carboxylic acids is 2. The van der Waals surface area contributed by atoms with Crippen molar-refractivity contribution in [3.63, 3.8) is 0 Å². The van der Waals surface area contributed by atoms with Crippen molar-refractivity contribution in [3.05, 3.63) is 72.9 Å². The van der Waals surface area contributed by atoms with Crippen LogP contribution in [0.3, 0.4) is 0 Å². The van der Waals surface area contributed by atoms with E-state index in [1.54, 1.807) is 0 Å². The molecule has 0 radical (unpaired) electrons. The molecule has 1 unspecified atom stereocenters. The number of hydrogen-bond acceptors (Lipinski definition) is 9. The molecule has 0 saturated carbocycles. The summed E-state index contributed by atoms with van der Waals surface area (Å²) in [5, 5.41) is 8.91. The van der Waals surface area contributed by atoms with Crippen molar-refractivity contribution in [2.45, 2.75) is 219 Å². The monoisotopic (exact) mass is 920 g/mol. The van der Waals surface area contributed by atoms with E-state index in [1.165, 1.54) is 109 Å². The maximum absolute atomic E-state index is 12.6. The van der Waals surface area contributed by atoms with Gasteiger partial charge >= 0.3 is 25.7 Å². The van der Waals surface area contributed by atoms with Crippen molar-refractivity contribution < 1.29 is 47.5 Å². The highest BCUT2D eigenvalue weighted by molar-refractivity contribution is 7.47. The first-order valence-corrected chi connectivity index (χ1v) is 26.5. The summed E-state index contributed by atoms with van der Waals surface area (Å²) in [6.07, 6.45) is 57.0. The number of aliphatic carboxylic acids is 1. The van der Waals surface area contributed by atoms with Crippen LogP contribution < -0.4 is 5.73 Å². The molecular formula is C52H90NO10P. The van der Waals surface area contributed by atoms with Gasteiger partial charge in [-0.05, 0) is 51.4 Å². The zero-order chi connectivity index (χ0) is 47.0. The summed E-state index contributed by atoms with van der Waals surface area (Å²) in [5.41, 5.74) is 5.34. The van der Waals surface area contributed by atoms with Crippen LogP contribution in [0.1, 0.15) is 206 Å². The molecule has 0 amide bonds. The number of carboxylic acids is 1. The first kappa shape index (κ1) is 60.9. The fraction of sp³-hybridized carbons (Fsp3) is 0.712. The second kappa shape index (κ2) is 46.4. The van der Waals surface area contributed by atoms with Crippen LogP contribution in [-0.4, -0.2) is 59.9 Å². The second-order valence-corrected chi connectivity index (χ2v) is 18.0. The standard InChI is InChI=1S/C52H90NO10P/c1-3-5-7-9-11-13-15-17-19-21-23-24-26-27-29-31-33-35-37-39-41-43-50(54)60-45-48(46-61-64(58,59)62-47-49(53)52(56)57)63-51(55)44-42-40-38-36-34-32-30-28-25-22-20-18-16-14-12-10-8-6-4-2/h6,8,12,14,18,20,25,28,32,34,38,40,48-49H,3-5,7,9-11,13,15-17,19,21-24,26-27,29-31,33,35-37,39,41-47,53H2,1-2H3,(H,56,57)(H,58,59)/b8-6-,14-12-,20-18-,28-25-,34-32-,40-38-/t48-,49+/m1/s1.